The zero-order valence-corrected chi connectivity index (χ0v) is 14.9. The molecule has 0 saturated carbocycles. The average Bonchev–Trinajstić information content (AvgIpc) is 2.66. The first-order chi connectivity index (χ1) is 12.1. The quantitative estimate of drug-likeness (QED) is 0.926. The van der Waals surface area contributed by atoms with E-state index in [0.717, 1.165) is 30.0 Å². The normalized spacial score (nSPS) is 14.4. The lowest BCUT2D eigenvalue weighted by Crippen LogP contribution is -2.43. The van der Waals surface area contributed by atoms with Gasteiger partial charge in [0.2, 0.25) is 0 Å². The Morgan fingerprint density at radius 1 is 1.12 bits per heavy atom. The van der Waals surface area contributed by atoms with E-state index in [9.17, 15) is 4.79 Å². The summed E-state index contributed by atoms with van der Waals surface area (Å²) in [4.78, 5) is 14.5. The third-order valence-corrected chi connectivity index (χ3v) is 4.66. The smallest absolute Gasteiger partial charge is 0.318 e. The van der Waals surface area contributed by atoms with Crippen molar-refractivity contribution in [3.63, 3.8) is 0 Å². The lowest BCUT2D eigenvalue weighted by atomic mass is 10.0. The van der Waals surface area contributed by atoms with Gasteiger partial charge in [-0.2, -0.15) is 0 Å². The number of hydrogen-bond acceptors (Lipinski definition) is 3. The molecule has 0 radical (unpaired) electrons. The van der Waals surface area contributed by atoms with Gasteiger partial charge in [-0.3, -0.25) is 0 Å². The number of nitrogens with one attached hydrogen (secondary N) is 1. The number of carbonyl (C=O) groups excluding carboxylic acids is 1. The van der Waals surface area contributed by atoms with E-state index in [4.69, 9.17) is 9.47 Å². The molecule has 0 aliphatic carbocycles. The summed E-state index contributed by atoms with van der Waals surface area (Å²) in [5.41, 5.74) is 3.44. The molecule has 0 bridgehead atoms. The van der Waals surface area contributed by atoms with Crippen LogP contribution in [0.3, 0.4) is 0 Å². The van der Waals surface area contributed by atoms with E-state index < -0.39 is 0 Å². The molecule has 1 aliphatic rings. The number of methoxy groups -OCH3 is 2. The van der Waals surface area contributed by atoms with Gasteiger partial charge in [0.1, 0.15) is 11.5 Å². The molecular formula is C20H24N2O3. The number of urea groups is 1. The topological polar surface area (TPSA) is 50.8 Å². The summed E-state index contributed by atoms with van der Waals surface area (Å²) in [5.74, 6) is 1.47. The highest BCUT2D eigenvalue weighted by molar-refractivity contribution is 5.75. The molecule has 25 heavy (non-hydrogen) atoms. The van der Waals surface area contributed by atoms with Crippen LogP contribution in [0.2, 0.25) is 0 Å². The first kappa shape index (κ1) is 17.1. The first-order valence-corrected chi connectivity index (χ1v) is 8.46. The standard InChI is InChI=1S/C20H24N2O3/c1-14(18-12-17(24-2)8-9-19(18)25-3)21-20(23)22-11-10-15-6-4-5-7-16(15)13-22/h4-9,12,14H,10-11,13H2,1-3H3,(H,21,23). The van der Waals surface area contributed by atoms with E-state index >= 15 is 0 Å². The number of amides is 2. The maximum atomic E-state index is 12.7. The van der Waals surface area contributed by atoms with Gasteiger partial charge in [-0.15, -0.1) is 0 Å². The van der Waals surface area contributed by atoms with Crippen LogP contribution >= 0.6 is 0 Å². The molecule has 5 heteroatoms. The predicted octanol–water partition coefficient (Wildman–Crippen LogP) is 3.53. The van der Waals surface area contributed by atoms with E-state index in [1.54, 1.807) is 14.2 Å². The van der Waals surface area contributed by atoms with Crippen molar-refractivity contribution in [2.75, 3.05) is 20.8 Å². The van der Waals surface area contributed by atoms with Crippen LogP contribution in [0.4, 0.5) is 4.79 Å². The highest BCUT2D eigenvalue weighted by Crippen LogP contribution is 2.29. The van der Waals surface area contributed by atoms with Crippen LogP contribution in [-0.4, -0.2) is 31.7 Å². The molecule has 1 unspecified atom stereocenters. The van der Waals surface area contributed by atoms with E-state index in [1.807, 2.05) is 42.2 Å². The van der Waals surface area contributed by atoms with Crippen LogP contribution in [0.5, 0.6) is 11.5 Å². The van der Waals surface area contributed by atoms with Gasteiger partial charge in [0.25, 0.3) is 0 Å². The number of fused-ring (bicyclic) bond motifs is 1. The summed E-state index contributed by atoms with van der Waals surface area (Å²) in [6.45, 7) is 3.32. The number of ether oxygens (including phenoxy) is 2. The Bertz CT molecular complexity index is 760. The molecule has 2 aromatic rings. The minimum absolute atomic E-state index is 0.0631. The molecule has 0 saturated heterocycles. The highest BCUT2D eigenvalue weighted by atomic mass is 16.5. The van der Waals surface area contributed by atoms with Gasteiger partial charge < -0.3 is 19.7 Å². The summed E-state index contributed by atoms with van der Waals surface area (Å²) < 4.78 is 10.7. The molecule has 5 nitrogen and oxygen atoms in total. The molecule has 1 aliphatic heterocycles. The van der Waals surface area contributed by atoms with Crippen molar-refractivity contribution in [1.82, 2.24) is 10.2 Å². The Morgan fingerprint density at radius 2 is 1.88 bits per heavy atom. The van der Waals surface area contributed by atoms with Crippen molar-refractivity contribution in [2.45, 2.75) is 25.9 Å². The van der Waals surface area contributed by atoms with Gasteiger partial charge in [0.15, 0.2) is 0 Å². The van der Waals surface area contributed by atoms with Gasteiger partial charge in [0, 0.05) is 18.7 Å². The molecule has 0 spiro atoms. The SMILES string of the molecule is COc1ccc(OC)c(C(C)NC(=O)N2CCc3ccccc3C2)c1. The fourth-order valence-corrected chi connectivity index (χ4v) is 3.20. The molecule has 0 aromatic heterocycles. The van der Waals surface area contributed by atoms with Crippen LogP contribution in [0.1, 0.15) is 29.7 Å². The van der Waals surface area contributed by atoms with Crippen molar-refractivity contribution in [3.05, 3.63) is 59.2 Å². The van der Waals surface area contributed by atoms with Gasteiger partial charge in [0.05, 0.1) is 20.3 Å². The largest absolute Gasteiger partial charge is 0.497 e. The predicted molar refractivity (Wildman–Crippen MR) is 97.0 cm³/mol. The Morgan fingerprint density at radius 3 is 2.60 bits per heavy atom. The Hall–Kier alpha value is -2.69. The molecular weight excluding hydrogens is 316 g/mol. The number of nitrogens with zero attached hydrogens (tertiary/aromatic N) is 1. The van der Waals surface area contributed by atoms with E-state index in [2.05, 4.69) is 17.4 Å². The maximum absolute atomic E-state index is 12.7. The summed E-state index contributed by atoms with van der Waals surface area (Å²) in [6.07, 6.45) is 0.889. The zero-order chi connectivity index (χ0) is 17.8. The van der Waals surface area contributed by atoms with Crippen LogP contribution in [0.15, 0.2) is 42.5 Å². The lowest BCUT2D eigenvalue weighted by Gasteiger charge is -2.30. The Balaban J connectivity index is 1.71. The van der Waals surface area contributed by atoms with Crippen LogP contribution in [-0.2, 0) is 13.0 Å². The second-order valence-corrected chi connectivity index (χ2v) is 6.22. The van der Waals surface area contributed by atoms with Gasteiger partial charge in [-0.05, 0) is 42.7 Å². The maximum Gasteiger partial charge on any atom is 0.318 e. The van der Waals surface area contributed by atoms with Crippen molar-refractivity contribution < 1.29 is 14.3 Å². The summed E-state index contributed by atoms with van der Waals surface area (Å²) in [6, 6.07) is 13.6. The fraction of sp³-hybridized carbons (Fsp3) is 0.350. The van der Waals surface area contributed by atoms with Crippen LogP contribution < -0.4 is 14.8 Å². The first-order valence-electron chi connectivity index (χ1n) is 8.46. The van der Waals surface area contributed by atoms with Crippen LogP contribution in [0.25, 0.3) is 0 Å². The molecule has 3 rings (SSSR count). The second kappa shape index (κ2) is 7.47. The van der Waals surface area contributed by atoms with Crippen molar-refractivity contribution in [3.8, 4) is 11.5 Å². The molecule has 1 atom stereocenters. The van der Waals surface area contributed by atoms with Gasteiger partial charge in [-0.1, -0.05) is 24.3 Å². The fourth-order valence-electron chi connectivity index (χ4n) is 3.20. The zero-order valence-electron chi connectivity index (χ0n) is 14.9. The Kier molecular flexibility index (Phi) is 5.12. The van der Waals surface area contributed by atoms with Gasteiger partial charge in [-0.25, -0.2) is 4.79 Å². The number of hydrogen-bond donors (Lipinski definition) is 1. The molecule has 1 N–H and O–H groups in total. The van der Waals surface area contributed by atoms with E-state index in [-0.39, 0.29) is 12.1 Å². The van der Waals surface area contributed by atoms with Crippen molar-refractivity contribution in [1.29, 1.82) is 0 Å². The molecule has 132 valence electrons. The van der Waals surface area contributed by atoms with Crippen LogP contribution in [0, 0.1) is 0 Å². The minimum atomic E-state index is -0.185. The third kappa shape index (κ3) is 3.71. The summed E-state index contributed by atoms with van der Waals surface area (Å²) in [7, 11) is 3.25. The van der Waals surface area contributed by atoms with Crippen molar-refractivity contribution >= 4 is 6.03 Å². The monoisotopic (exact) mass is 340 g/mol. The summed E-state index contributed by atoms with van der Waals surface area (Å²) >= 11 is 0. The Labute approximate surface area is 148 Å². The lowest BCUT2D eigenvalue weighted by molar-refractivity contribution is 0.189. The molecule has 2 amide bonds. The third-order valence-electron chi connectivity index (χ3n) is 4.66. The highest BCUT2D eigenvalue weighted by Gasteiger charge is 2.23. The number of rotatable bonds is 4. The van der Waals surface area contributed by atoms with Crippen molar-refractivity contribution in [2.24, 2.45) is 0 Å². The minimum Gasteiger partial charge on any atom is -0.497 e. The van der Waals surface area contributed by atoms with E-state index in [0.29, 0.717) is 6.54 Å². The second-order valence-electron chi connectivity index (χ2n) is 6.22. The van der Waals surface area contributed by atoms with E-state index in [1.165, 1.54) is 11.1 Å². The number of benzene rings is 2. The molecule has 0 fully saturated rings. The average molecular weight is 340 g/mol. The summed E-state index contributed by atoms with van der Waals surface area (Å²) in [5, 5.41) is 3.07. The number of carbonyl (C=O) groups is 1. The van der Waals surface area contributed by atoms with Gasteiger partial charge >= 0.3 is 6.03 Å². The molecule has 2 aromatic carbocycles. The molecule has 1 heterocycles.